The number of benzene rings is 2. The van der Waals surface area contributed by atoms with Gasteiger partial charge in [0.05, 0.1) is 11.7 Å². The van der Waals surface area contributed by atoms with Crippen LogP contribution < -0.4 is 11.1 Å². The first kappa shape index (κ1) is 16.3. The van der Waals surface area contributed by atoms with E-state index in [2.05, 4.69) is 72.9 Å². The van der Waals surface area contributed by atoms with E-state index >= 15 is 0 Å². The zero-order valence-corrected chi connectivity index (χ0v) is 15.1. The first-order valence-electron chi connectivity index (χ1n) is 9.08. The average molecular weight is 369 g/mol. The van der Waals surface area contributed by atoms with Gasteiger partial charge in [0.15, 0.2) is 0 Å². The van der Waals surface area contributed by atoms with Crippen molar-refractivity contribution in [3.8, 4) is 0 Å². The van der Waals surface area contributed by atoms with Gasteiger partial charge in [-0.25, -0.2) is 4.98 Å². The van der Waals surface area contributed by atoms with Gasteiger partial charge in [0.1, 0.15) is 5.82 Å². The van der Waals surface area contributed by atoms with Gasteiger partial charge >= 0.3 is 0 Å². The Kier molecular flexibility index (Phi) is 3.90. The van der Waals surface area contributed by atoms with Gasteiger partial charge < -0.3 is 16.0 Å². The normalized spacial score (nSPS) is 11.3. The molecular weight excluding hydrogens is 350 g/mol. The van der Waals surface area contributed by atoms with E-state index in [0.717, 1.165) is 33.4 Å². The Labute approximate surface area is 161 Å². The molecule has 0 bridgehead atoms. The Morgan fingerprint density at radius 3 is 2.82 bits per heavy atom. The van der Waals surface area contributed by atoms with Crippen LogP contribution in [-0.4, -0.2) is 25.1 Å². The molecule has 0 saturated carbocycles. The lowest BCUT2D eigenvalue weighted by atomic mass is 10.1. The smallest absolute Gasteiger partial charge is 0.221 e. The fraction of sp³-hybridized carbons (Fsp3) is 0.0952. The van der Waals surface area contributed by atoms with Crippen LogP contribution >= 0.6 is 0 Å². The highest BCUT2D eigenvalue weighted by Crippen LogP contribution is 2.21. The van der Waals surface area contributed by atoms with Gasteiger partial charge in [0.25, 0.3) is 0 Å². The SMILES string of the molecule is Nc1ncc(Cc2ccc3cn[nH]c3c2)c(NCc2ccc3[nH]ccc3c2)n1. The lowest BCUT2D eigenvalue weighted by Crippen LogP contribution is -2.08. The van der Waals surface area contributed by atoms with Gasteiger partial charge in [-0.3, -0.25) is 5.10 Å². The summed E-state index contributed by atoms with van der Waals surface area (Å²) in [7, 11) is 0. The number of fused-ring (bicyclic) bond motifs is 2. The minimum atomic E-state index is 0.261. The maximum absolute atomic E-state index is 5.83. The number of hydrogen-bond donors (Lipinski definition) is 4. The molecular formula is C21H19N7. The van der Waals surface area contributed by atoms with Crippen LogP contribution in [0.25, 0.3) is 21.8 Å². The predicted molar refractivity (Wildman–Crippen MR) is 111 cm³/mol. The number of nitrogens with zero attached hydrogens (tertiary/aromatic N) is 3. The fourth-order valence-electron chi connectivity index (χ4n) is 3.42. The first-order chi connectivity index (χ1) is 13.7. The van der Waals surface area contributed by atoms with E-state index in [1.165, 1.54) is 10.9 Å². The van der Waals surface area contributed by atoms with Crippen molar-refractivity contribution in [1.29, 1.82) is 0 Å². The van der Waals surface area contributed by atoms with Crippen molar-refractivity contribution < 1.29 is 0 Å². The molecule has 138 valence electrons. The van der Waals surface area contributed by atoms with Crippen molar-refractivity contribution in [2.45, 2.75) is 13.0 Å². The Bertz CT molecular complexity index is 1270. The third-order valence-electron chi connectivity index (χ3n) is 4.86. The lowest BCUT2D eigenvalue weighted by Gasteiger charge is -2.12. The molecule has 0 aliphatic rings. The Morgan fingerprint density at radius 2 is 1.86 bits per heavy atom. The van der Waals surface area contributed by atoms with Crippen LogP contribution in [0.15, 0.2) is 61.1 Å². The Hall–Kier alpha value is -3.87. The van der Waals surface area contributed by atoms with Crippen LogP contribution in [0.4, 0.5) is 11.8 Å². The summed E-state index contributed by atoms with van der Waals surface area (Å²) in [4.78, 5) is 11.8. The zero-order chi connectivity index (χ0) is 18.9. The molecule has 7 heteroatoms. The Morgan fingerprint density at radius 1 is 0.929 bits per heavy atom. The van der Waals surface area contributed by atoms with Crippen LogP contribution in [0.3, 0.4) is 0 Å². The highest BCUT2D eigenvalue weighted by Gasteiger charge is 2.09. The number of rotatable bonds is 5. The molecule has 2 aromatic carbocycles. The number of hydrogen-bond acceptors (Lipinski definition) is 5. The van der Waals surface area contributed by atoms with Crippen LogP contribution in [0.2, 0.25) is 0 Å². The Balaban J connectivity index is 1.39. The standard InChI is InChI=1S/C21H19N7/c22-21-25-11-17(7-13-1-3-16-12-26-28-19(16)9-13)20(27-21)24-10-14-2-4-18-15(8-14)5-6-23-18/h1-6,8-9,11-12,23H,7,10H2,(H,26,28)(H3,22,24,25,27). The van der Waals surface area contributed by atoms with Crippen molar-refractivity contribution in [1.82, 2.24) is 25.1 Å². The third kappa shape index (κ3) is 3.14. The highest BCUT2D eigenvalue weighted by atomic mass is 15.1. The number of aromatic amines is 2. The average Bonchev–Trinajstić information content (AvgIpc) is 3.36. The fourth-order valence-corrected chi connectivity index (χ4v) is 3.42. The molecule has 3 heterocycles. The molecule has 5 aromatic rings. The topological polar surface area (TPSA) is 108 Å². The molecule has 0 fully saturated rings. The van der Waals surface area contributed by atoms with E-state index in [4.69, 9.17) is 5.73 Å². The molecule has 7 nitrogen and oxygen atoms in total. The van der Waals surface area contributed by atoms with E-state index in [9.17, 15) is 0 Å². The summed E-state index contributed by atoms with van der Waals surface area (Å²) in [6, 6.07) is 14.7. The summed E-state index contributed by atoms with van der Waals surface area (Å²) in [6.45, 7) is 0.657. The molecule has 3 aromatic heterocycles. The van der Waals surface area contributed by atoms with E-state index in [1.54, 1.807) is 6.20 Å². The number of nitrogens with two attached hydrogens (primary N) is 1. The van der Waals surface area contributed by atoms with Crippen molar-refractivity contribution in [3.63, 3.8) is 0 Å². The molecule has 0 aliphatic carbocycles. The van der Waals surface area contributed by atoms with Gasteiger partial charge in [-0.15, -0.1) is 0 Å². The second-order valence-electron chi connectivity index (χ2n) is 6.82. The molecule has 0 atom stereocenters. The van der Waals surface area contributed by atoms with Crippen LogP contribution in [0, 0.1) is 0 Å². The minimum Gasteiger partial charge on any atom is -0.368 e. The molecule has 28 heavy (non-hydrogen) atoms. The van der Waals surface area contributed by atoms with Crippen LogP contribution in [-0.2, 0) is 13.0 Å². The van der Waals surface area contributed by atoms with Crippen molar-refractivity contribution >= 4 is 33.6 Å². The van der Waals surface area contributed by atoms with Gasteiger partial charge in [-0.2, -0.15) is 10.1 Å². The van der Waals surface area contributed by atoms with E-state index in [-0.39, 0.29) is 5.95 Å². The quantitative estimate of drug-likeness (QED) is 0.378. The summed E-state index contributed by atoms with van der Waals surface area (Å²) in [6.07, 6.45) is 6.26. The number of H-pyrrole nitrogens is 2. The predicted octanol–water partition coefficient (Wildman–Crippen LogP) is 3.62. The van der Waals surface area contributed by atoms with Crippen molar-refractivity contribution in [2.24, 2.45) is 0 Å². The van der Waals surface area contributed by atoms with E-state index < -0.39 is 0 Å². The highest BCUT2D eigenvalue weighted by molar-refractivity contribution is 5.80. The lowest BCUT2D eigenvalue weighted by molar-refractivity contribution is 1.04. The van der Waals surface area contributed by atoms with Gasteiger partial charge in [0.2, 0.25) is 5.95 Å². The summed E-state index contributed by atoms with van der Waals surface area (Å²) in [5.41, 5.74) is 11.3. The molecule has 0 radical (unpaired) electrons. The molecule has 5 rings (SSSR count). The van der Waals surface area contributed by atoms with Crippen LogP contribution in [0.1, 0.15) is 16.7 Å². The third-order valence-corrected chi connectivity index (χ3v) is 4.86. The van der Waals surface area contributed by atoms with E-state index in [1.807, 2.05) is 12.4 Å². The number of aromatic nitrogens is 5. The summed E-state index contributed by atoms with van der Waals surface area (Å²) in [5, 5.41) is 12.8. The number of nitrogens with one attached hydrogen (secondary N) is 3. The summed E-state index contributed by atoms with van der Waals surface area (Å²) < 4.78 is 0. The summed E-state index contributed by atoms with van der Waals surface area (Å²) in [5.74, 6) is 1.02. The maximum atomic E-state index is 5.83. The second kappa shape index (κ2) is 6.70. The first-order valence-corrected chi connectivity index (χ1v) is 9.08. The van der Waals surface area contributed by atoms with Gasteiger partial charge in [0, 0.05) is 41.8 Å². The van der Waals surface area contributed by atoms with Crippen LogP contribution in [0.5, 0.6) is 0 Å². The van der Waals surface area contributed by atoms with Crippen molar-refractivity contribution in [3.05, 3.63) is 77.7 Å². The molecule has 0 amide bonds. The van der Waals surface area contributed by atoms with Crippen molar-refractivity contribution in [2.75, 3.05) is 11.1 Å². The molecule has 0 spiro atoms. The molecule has 0 aliphatic heterocycles. The maximum Gasteiger partial charge on any atom is 0.221 e. The number of anilines is 2. The second-order valence-corrected chi connectivity index (χ2v) is 6.82. The van der Waals surface area contributed by atoms with Gasteiger partial charge in [-0.05, 0) is 40.8 Å². The zero-order valence-electron chi connectivity index (χ0n) is 15.1. The minimum absolute atomic E-state index is 0.261. The number of nitrogen functional groups attached to an aromatic ring is 1. The largest absolute Gasteiger partial charge is 0.368 e. The van der Waals surface area contributed by atoms with E-state index in [0.29, 0.717) is 13.0 Å². The monoisotopic (exact) mass is 369 g/mol. The molecule has 0 saturated heterocycles. The summed E-state index contributed by atoms with van der Waals surface area (Å²) >= 11 is 0. The molecule has 5 N–H and O–H groups in total. The van der Waals surface area contributed by atoms with Gasteiger partial charge in [-0.1, -0.05) is 18.2 Å². The molecule has 0 unspecified atom stereocenters.